The number of rotatable bonds is 5. The Labute approximate surface area is 161 Å². The molecule has 1 amide bonds. The van der Waals surface area contributed by atoms with Gasteiger partial charge in [0.25, 0.3) is 5.91 Å². The molecule has 0 aliphatic carbocycles. The van der Waals surface area contributed by atoms with E-state index in [0.29, 0.717) is 18.6 Å². The molecule has 4 nitrogen and oxygen atoms in total. The van der Waals surface area contributed by atoms with Crippen LogP contribution in [0.25, 0.3) is 0 Å². The molecule has 0 saturated carbocycles. The molecular formula is C23H28N2O2. The van der Waals surface area contributed by atoms with Gasteiger partial charge in [0.1, 0.15) is 5.75 Å². The lowest BCUT2D eigenvalue weighted by Gasteiger charge is -2.36. The van der Waals surface area contributed by atoms with Crippen LogP contribution in [0.3, 0.4) is 0 Å². The highest BCUT2D eigenvalue weighted by atomic mass is 16.5. The van der Waals surface area contributed by atoms with Crippen LogP contribution in [0.5, 0.6) is 5.75 Å². The highest BCUT2D eigenvalue weighted by molar-refractivity contribution is 5.94. The normalized spacial score (nSPS) is 22.5. The van der Waals surface area contributed by atoms with Gasteiger partial charge >= 0.3 is 0 Å². The Morgan fingerprint density at radius 1 is 1.00 bits per heavy atom. The SMILES string of the molecule is CN1C[C@H]2CC[C@@H](C1)N(C(=O)c1ccc(OCCc3ccccc3)cc1)C2. The maximum absolute atomic E-state index is 13.0. The Balaban J connectivity index is 1.35. The molecule has 0 radical (unpaired) electrons. The predicted molar refractivity (Wildman–Crippen MR) is 107 cm³/mol. The number of likely N-dealkylation sites (N-methyl/N-ethyl adjacent to an activating group) is 1. The summed E-state index contributed by atoms with van der Waals surface area (Å²) in [6, 6.07) is 18.3. The second-order valence-electron chi connectivity index (χ2n) is 7.88. The number of benzene rings is 2. The lowest BCUT2D eigenvalue weighted by Crippen LogP contribution is -2.47. The van der Waals surface area contributed by atoms with Gasteiger partial charge < -0.3 is 14.5 Å². The maximum Gasteiger partial charge on any atom is 0.254 e. The summed E-state index contributed by atoms with van der Waals surface area (Å²) in [5.41, 5.74) is 2.03. The first-order chi connectivity index (χ1) is 13.2. The van der Waals surface area contributed by atoms with E-state index in [1.165, 1.54) is 12.0 Å². The van der Waals surface area contributed by atoms with Crippen molar-refractivity contribution < 1.29 is 9.53 Å². The zero-order valence-electron chi connectivity index (χ0n) is 16.0. The number of piperidine rings is 1. The fourth-order valence-corrected chi connectivity index (χ4v) is 4.36. The summed E-state index contributed by atoms with van der Waals surface area (Å²) in [7, 11) is 2.17. The Hall–Kier alpha value is -2.33. The zero-order valence-corrected chi connectivity index (χ0v) is 16.0. The molecule has 0 unspecified atom stereocenters. The number of ether oxygens (including phenoxy) is 1. The van der Waals surface area contributed by atoms with Crippen LogP contribution in [-0.2, 0) is 6.42 Å². The lowest BCUT2D eigenvalue weighted by molar-refractivity contribution is 0.0587. The first-order valence-corrected chi connectivity index (χ1v) is 9.95. The fourth-order valence-electron chi connectivity index (χ4n) is 4.36. The zero-order chi connectivity index (χ0) is 18.6. The van der Waals surface area contributed by atoms with Crippen molar-refractivity contribution in [1.29, 1.82) is 0 Å². The molecule has 0 aromatic heterocycles. The quantitative estimate of drug-likeness (QED) is 0.814. The number of fused-ring (bicyclic) bond motifs is 4. The minimum Gasteiger partial charge on any atom is -0.493 e. The molecule has 5 rings (SSSR count). The van der Waals surface area contributed by atoms with Gasteiger partial charge in [-0.25, -0.2) is 0 Å². The van der Waals surface area contributed by atoms with E-state index in [1.54, 1.807) is 0 Å². The van der Waals surface area contributed by atoms with Crippen molar-refractivity contribution >= 4 is 5.91 Å². The van der Waals surface area contributed by atoms with Crippen molar-refractivity contribution in [3.8, 4) is 5.75 Å². The standard InChI is InChI=1S/C23H28N2O2/c1-24-15-19-7-10-21(17-24)25(16-19)23(26)20-8-11-22(12-9-20)27-14-13-18-5-3-2-4-6-18/h2-6,8-9,11-12,19,21H,7,10,13-17H2,1H3/t19-,21+/m1/s1. The van der Waals surface area contributed by atoms with Crippen molar-refractivity contribution in [3.63, 3.8) is 0 Å². The van der Waals surface area contributed by atoms with Gasteiger partial charge in [0.15, 0.2) is 0 Å². The van der Waals surface area contributed by atoms with Gasteiger partial charge in [0, 0.05) is 37.7 Å². The number of hydrogen-bond donors (Lipinski definition) is 0. The molecule has 3 heterocycles. The fraction of sp³-hybridized carbons (Fsp3) is 0.435. The molecule has 0 N–H and O–H groups in total. The third kappa shape index (κ3) is 4.33. The minimum absolute atomic E-state index is 0.163. The monoisotopic (exact) mass is 364 g/mol. The van der Waals surface area contributed by atoms with E-state index in [0.717, 1.165) is 43.8 Å². The van der Waals surface area contributed by atoms with Crippen LogP contribution >= 0.6 is 0 Å². The Bertz CT molecular complexity index is 760. The molecule has 142 valence electrons. The molecule has 3 saturated heterocycles. The third-order valence-electron chi connectivity index (χ3n) is 5.76. The molecule has 27 heavy (non-hydrogen) atoms. The number of hydrogen-bond acceptors (Lipinski definition) is 3. The van der Waals surface area contributed by atoms with Crippen LogP contribution < -0.4 is 4.74 Å². The second kappa shape index (κ2) is 8.13. The van der Waals surface area contributed by atoms with Crippen LogP contribution in [0.4, 0.5) is 0 Å². The molecule has 0 spiro atoms. The first kappa shape index (κ1) is 18.1. The molecule has 3 aliphatic heterocycles. The Kier molecular flexibility index (Phi) is 5.44. The van der Waals surface area contributed by atoms with Gasteiger partial charge in [0.2, 0.25) is 0 Å². The van der Waals surface area contributed by atoms with Gasteiger partial charge in [0.05, 0.1) is 6.61 Å². The lowest BCUT2D eigenvalue weighted by atomic mass is 9.94. The van der Waals surface area contributed by atoms with Crippen molar-refractivity contribution in [2.75, 3.05) is 33.3 Å². The van der Waals surface area contributed by atoms with Gasteiger partial charge in [-0.3, -0.25) is 4.79 Å². The molecule has 4 heteroatoms. The average Bonchev–Trinajstić information content (AvgIpc) is 2.98. The summed E-state index contributed by atoms with van der Waals surface area (Å²) in [4.78, 5) is 17.5. The molecule has 3 fully saturated rings. The van der Waals surface area contributed by atoms with Crippen LogP contribution in [0, 0.1) is 5.92 Å². The van der Waals surface area contributed by atoms with E-state index in [4.69, 9.17) is 4.74 Å². The van der Waals surface area contributed by atoms with Crippen LogP contribution in [-0.4, -0.2) is 55.0 Å². The molecule has 2 atom stereocenters. The van der Waals surface area contributed by atoms with Gasteiger partial charge in [-0.1, -0.05) is 30.3 Å². The first-order valence-electron chi connectivity index (χ1n) is 9.95. The third-order valence-corrected chi connectivity index (χ3v) is 5.76. The smallest absolute Gasteiger partial charge is 0.254 e. The summed E-state index contributed by atoms with van der Waals surface area (Å²) in [5, 5.41) is 0. The molecule has 2 bridgehead atoms. The van der Waals surface area contributed by atoms with Crippen LogP contribution in [0.15, 0.2) is 54.6 Å². The summed E-state index contributed by atoms with van der Waals surface area (Å²) < 4.78 is 5.84. The summed E-state index contributed by atoms with van der Waals surface area (Å²) in [6.45, 7) is 3.63. The molecule has 2 aromatic rings. The number of amides is 1. The summed E-state index contributed by atoms with van der Waals surface area (Å²) in [5.74, 6) is 1.59. The molecule has 3 aliphatic rings. The van der Waals surface area contributed by atoms with E-state index in [-0.39, 0.29) is 5.91 Å². The van der Waals surface area contributed by atoms with Crippen molar-refractivity contribution in [1.82, 2.24) is 9.80 Å². The van der Waals surface area contributed by atoms with Gasteiger partial charge in [-0.15, -0.1) is 0 Å². The summed E-state index contributed by atoms with van der Waals surface area (Å²) >= 11 is 0. The van der Waals surface area contributed by atoms with Crippen LogP contribution in [0.2, 0.25) is 0 Å². The van der Waals surface area contributed by atoms with Crippen molar-refractivity contribution in [2.45, 2.75) is 25.3 Å². The van der Waals surface area contributed by atoms with Crippen LogP contribution in [0.1, 0.15) is 28.8 Å². The van der Waals surface area contributed by atoms with E-state index in [9.17, 15) is 4.79 Å². The van der Waals surface area contributed by atoms with Gasteiger partial charge in [-0.2, -0.15) is 0 Å². The largest absolute Gasteiger partial charge is 0.493 e. The number of carbonyl (C=O) groups is 1. The number of nitrogens with zero attached hydrogens (tertiary/aromatic N) is 2. The highest BCUT2D eigenvalue weighted by Gasteiger charge is 2.36. The summed E-state index contributed by atoms with van der Waals surface area (Å²) in [6.07, 6.45) is 3.25. The average molecular weight is 364 g/mol. The van der Waals surface area contributed by atoms with E-state index in [1.807, 2.05) is 42.5 Å². The van der Waals surface area contributed by atoms with E-state index < -0.39 is 0 Å². The minimum atomic E-state index is 0.163. The highest BCUT2D eigenvalue weighted by Crippen LogP contribution is 2.28. The van der Waals surface area contributed by atoms with Crippen molar-refractivity contribution in [2.24, 2.45) is 5.92 Å². The predicted octanol–water partition coefficient (Wildman–Crippen LogP) is 3.47. The topological polar surface area (TPSA) is 32.8 Å². The van der Waals surface area contributed by atoms with Gasteiger partial charge in [-0.05, 0) is 55.6 Å². The Morgan fingerprint density at radius 3 is 2.56 bits per heavy atom. The van der Waals surface area contributed by atoms with E-state index in [2.05, 4.69) is 29.0 Å². The Morgan fingerprint density at radius 2 is 1.78 bits per heavy atom. The maximum atomic E-state index is 13.0. The van der Waals surface area contributed by atoms with E-state index >= 15 is 0 Å². The second-order valence-corrected chi connectivity index (χ2v) is 7.88. The van der Waals surface area contributed by atoms with Crippen molar-refractivity contribution in [3.05, 3.63) is 65.7 Å². The molecule has 2 aromatic carbocycles. The molecular weight excluding hydrogens is 336 g/mol. The number of carbonyl (C=O) groups excluding carboxylic acids is 1.